The molecule has 0 atom stereocenters. The smallest absolute Gasteiger partial charge is 0.349 e. The molecule has 0 bridgehead atoms. The van der Waals surface area contributed by atoms with Crippen LogP contribution < -0.4 is 9.47 Å². The van der Waals surface area contributed by atoms with Gasteiger partial charge in [-0.2, -0.15) is 0 Å². The van der Waals surface area contributed by atoms with Crippen molar-refractivity contribution >= 4 is 11.9 Å². The van der Waals surface area contributed by atoms with E-state index in [0.717, 1.165) is 16.7 Å². The molecule has 0 aliphatic carbocycles. The van der Waals surface area contributed by atoms with Crippen LogP contribution in [0.2, 0.25) is 0 Å². The molecular formula is C24H22O5. The van der Waals surface area contributed by atoms with Gasteiger partial charge in [-0.1, -0.05) is 48.0 Å². The maximum atomic E-state index is 12.1. The van der Waals surface area contributed by atoms with Crippen LogP contribution in [0.15, 0.2) is 72.8 Å². The first-order chi connectivity index (χ1) is 14.0. The molecule has 148 valence electrons. The lowest BCUT2D eigenvalue weighted by Gasteiger charge is -2.10. The maximum absolute atomic E-state index is 12.1. The molecule has 5 heteroatoms. The zero-order valence-corrected chi connectivity index (χ0v) is 16.4. The molecule has 3 aromatic rings. The van der Waals surface area contributed by atoms with Gasteiger partial charge in [0.05, 0.1) is 5.56 Å². The largest absolute Gasteiger partial charge is 0.482 e. The quantitative estimate of drug-likeness (QED) is 0.434. The highest BCUT2D eigenvalue weighted by molar-refractivity contribution is 5.89. The number of ether oxygens (including phenoxy) is 3. The van der Waals surface area contributed by atoms with E-state index in [-0.39, 0.29) is 13.2 Å². The van der Waals surface area contributed by atoms with Crippen molar-refractivity contribution in [3.05, 3.63) is 95.1 Å². The normalized spacial score (nSPS) is 10.3. The lowest BCUT2D eigenvalue weighted by molar-refractivity contribution is -0.136. The van der Waals surface area contributed by atoms with Gasteiger partial charge in [0.2, 0.25) is 0 Å². The fourth-order valence-corrected chi connectivity index (χ4v) is 2.72. The highest BCUT2D eigenvalue weighted by Crippen LogP contribution is 2.19. The molecule has 3 aromatic carbocycles. The van der Waals surface area contributed by atoms with Gasteiger partial charge in [-0.05, 0) is 55.3 Å². The lowest BCUT2D eigenvalue weighted by Crippen LogP contribution is -2.18. The number of hydrogen-bond acceptors (Lipinski definition) is 5. The van der Waals surface area contributed by atoms with Crippen molar-refractivity contribution in [2.24, 2.45) is 0 Å². The Kier molecular flexibility index (Phi) is 6.63. The predicted octanol–water partition coefficient (Wildman–Crippen LogP) is 4.64. The van der Waals surface area contributed by atoms with Crippen molar-refractivity contribution in [3.8, 4) is 11.5 Å². The highest BCUT2D eigenvalue weighted by Gasteiger charge is 2.11. The second kappa shape index (κ2) is 9.55. The summed E-state index contributed by atoms with van der Waals surface area (Å²) in [5.41, 5.74) is 3.37. The summed E-state index contributed by atoms with van der Waals surface area (Å²) in [5, 5.41) is 0. The monoisotopic (exact) mass is 390 g/mol. The Morgan fingerprint density at radius 3 is 2.28 bits per heavy atom. The zero-order chi connectivity index (χ0) is 20.6. The molecule has 3 rings (SSSR count). The molecule has 0 fully saturated rings. The molecule has 0 aromatic heterocycles. The first kappa shape index (κ1) is 20.1. The van der Waals surface area contributed by atoms with Crippen molar-refractivity contribution in [2.75, 3.05) is 6.61 Å². The van der Waals surface area contributed by atoms with Crippen LogP contribution in [0.25, 0.3) is 0 Å². The van der Waals surface area contributed by atoms with E-state index in [0.29, 0.717) is 17.1 Å². The van der Waals surface area contributed by atoms with Crippen LogP contribution in [0.5, 0.6) is 11.5 Å². The Bertz CT molecular complexity index is 978. The van der Waals surface area contributed by atoms with E-state index < -0.39 is 11.9 Å². The van der Waals surface area contributed by atoms with Crippen LogP contribution in [-0.2, 0) is 16.1 Å². The second-order valence-electron chi connectivity index (χ2n) is 6.62. The molecular weight excluding hydrogens is 368 g/mol. The average Bonchev–Trinajstić information content (AvgIpc) is 2.72. The molecule has 29 heavy (non-hydrogen) atoms. The zero-order valence-electron chi connectivity index (χ0n) is 16.4. The molecule has 0 N–H and O–H groups in total. The molecule has 0 heterocycles. The van der Waals surface area contributed by atoms with Crippen molar-refractivity contribution in [1.82, 2.24) is 0 Å². The van der Waals surface area contributed by atoms with Crippen LogP contribution in [-0.4, -0.2) is 18.5 Å². The second-order valence-corrected chi connectivity index (χ2v) is 6.62. The summed E-state index contributed by atoms with van der Waals surface area (Å²) in [6, 6.07) is 21.4. The molecule has 0 spiro atoms. The van der Waals surface area contributed by atoms with Gasteiger partial charge in [0, 0.05) is 0 Å². The van der Waals surface area contributed by atoms with Crippen LogP contribution in [0.1, 0.15) is 27.0 Å². The van der Waals surface area contributed by atoms with Crippen molar-refractivity contribution < 1.29 is 23.8 Å². The van der Waals surface area contributed by atoms with E-state index in [4.69, 9.17) is 14.2 Å². The number of esters is 2. The summed E-state index contributed by atoms with van der Waals surface area (Å²) in [7, 11) is 0. The fraction of sp³-hybridized carbons (Fsp3) is 0.167. The van der Waals surface area contributed by atoms with E-state index in [1.54, 1.807) is 24.3 Å². The number of benzene rings is 3. The minimum absolute atomic E-state index is 0.201. The molecule has 0 saturated carbocycles. The number of aryl methyl sites for hydroxylation is 2. The van der Waals surface area contributed by atoms with Crippen molar-refractivity contribution in [1.29, 1.82) is 0 Å². The minimum atomic E-state index is -0.524. The van der Waals surface area contributed by atoms with Crippen LogP contribution in [0.4, 0.5) is 0 Å². The van der Waals surface area contributed by atoms with Crippen LogP contribution in [0, 0.1) is 13.8 Å². The van der Waals surface area contributed by atoms with Crippen molar-refractivity contribution in [2.45, 2.75) is 20.5 Å². The summed E-state index contributed by atoms with van der Waals surface area (Å²) in [6.07, 6.45) is 0. The topological polar surface area (TPSA) is 61.8 Å². The third-order valence-electron chi connectivity index (χ3n) is 4.21. The van der Waals surface area contributed by atoms with E-state index >= 15 is 0 Å². The lowest BCUT2D eigenvalue weighted by atomic mass is 10.1. The molecule has 5 nitrogen and oxygen atoms in total. The number of carbonyl (C=O) groups excluding carboxylic acids is 2. The Hall–Kier alpha value is -3.60. The van der Waals surface area contributed by atoms with Gasteiger partial charge in [0.25, 0.3) is 0 Å². The first-order valence-corrected chi connectivity index (χ1v) is 9.23. The van der Waals surface area contributed by atoms with Gasteiger partial charge in [-0.25, -0.2) is 9.59 Å². The summed E-state index contributed by atoms with van der Waals surface area (Å²) in [5.74, 6) is 0.0113. The number of hydrogen-bond donors (Lipinski definition) is 0. The minimum Gasteiger partial charge on any atom is -0.482 e. The van der Waals surface area contributed by atoms with Gasteiger partial charge in [0.1, 0.15) is 18.1 Å². The Balaban J connectivity index is 1.49. The van der Waals surface area contributed by atoms with Crippen LogP contribution >= 0.6 is 0 Å². The van der Waals surface area contributed by atoms with E-state index in [2.05, 4.69) is 0 Å². The molecule has 0 amide bonds. The summed E-state index contributed by atoms with van der Waals surface area (Å²) >= 11 is 0. The molecule has 0 radical (unpaired) electrons. The van der Waals surface area contributed by atoms with E-state index in [9.17, 15) is 9.59 Å². The summed E-state index contributed by atoms with van der Waals surface area (Å²) in [4.78, 5) is 24.1. The summed E-state index contributed by atoms with van der Waals surface area (Å²) in [6.45, 7) is 3.91. The van der Waals surface area contributed by atoms with Gasteiger partial charge in [0.15, 0.2) is 6.61 Å². The standard InChI is InChI=1S/C24H22O5/c1-17-8-13-22(18(2)14-17)27-16-23(25)29-21-11-9-20(10-12-21)24(26)28-15-19-6-4-3-5-7-19/h3-14H,15-16H2,1-2H3. The molecule has 0 aliphatic rings. The molecule has 0 saturated heterocycles. The molecule has 0 unspecified atom stereocenters. The van der Waals surface area contributed by atoms with E-state index in [1.165, 1.54) is 0 Å². The van der Waals surface area contributed by atoms with Gasteiger partial charge in [-0.3, -0.25) is 0 Å². The average molecular weight is 390 g/mol. The van der Waals surface area contributed by atoms with Gasteiger partial charge < -0.3 is 14.2 Å². The SMILES string of the molecule is Cc1ccc(OCC(=O)Oc2ccc(C(=O)OCc3ccccc3)cc2)c(C)c1. The molecule has 0 aliphatic heterocycles. The van der Waals surface area contributed by atoms with Gasteiger partial charge >= 0.3 is 11.9 Å². The Labute approximate surface area is 169 Å². The van der Waals surface area contributed by atoms with Crippen LogP contribution in [0.3, 0.4) is 0 Å². The highest BCUT2D eigenvalue weighted by atomic mass is 16.6. The fourth-order valence-electron chi connectivity index (χ4n) is 2.72. The Morgan fingerprint density at radius 1 is 0.862 bits per heavy atom. The third-order valence-corrected chi connectivity index (χ3v) is 4.21. The Morgan fingerprint density at radius 2 is 1.59 bits per heavy atom. The van der Waals surface area contributed by atoms with E-state index in [1.807, 2.05) is 62.4 Å². The maximum Gasteiger partial charge on any atom is 0.349 e. The predicted molar refractivity (Wildman–Crippen MR) is 109 cm³/mol. The van der Waals surface area contributed by atoms with Gasteiger partial charge in [-0.15, -0.1) is 0 Å². The number of carbonyl (C=O) groups is 2. The third kappa shape index (κ3) is 5.94. The first-order valence-electron chi connectivity index (χ1n) is 9.23. The summed E-state index contributed by atoms with van der Waals surface area (Å²) < 4.78 is 16.0. The van der Waals surface area contributed by atoms with Crippen molar-refractivity contribution in [3.63, 3.8) is 0 Å². The number of rotatable bonds is 7.